The molecule has 1 aliphatic heterocycles. The Morgan fingerprint density at radius 1 is 1.44 bits per heavy atom. The smallest absolute Gasteiger partial charge is 0.227 e. The first-order valence-corrected chi connectivity index (χ1v) is 9.08. The number of nitrogens with one attached hydrogen (secondary N) is 3. The second kappa shape index (κ2) is 8.22. The Bertz CT molecular complexity index is 809. The van der Waals surface area contributed by atoms with Gasteiger partial charge in [-0.3, -0.25) is 0 Å². The van der Waals surface area contributed by atoms with E-state index in [0.717, 1.165) is 25.3 Å². The highest BCUT2D eigenvalue weighted by Gasteiger charge is 2.24. The molecule has 3 rings (SSSR count). The normalized spacial score (nSPS) is 17.0. The fourth-order valence-electron chi connectivity index (χ4n) is 3.07. The van der Waals surface area contributed by atoms with E-state index in [1.54, 1.807) is 19.4 Å². The van der Waals surface area contributed by atoms with Crippen LogP contribution in [0.4, 0.5) is 23.1 Å². The molecule has 1 atom stereocenters. The summed E-state index contributed by atoms with van der Waals surface area (Å²) in [5.41, 5.74) is 7.86. The number of hydrogen-bond donors (Lipinski definition) is 4. The molecule has 0 spiro atoms. The minimum Gasteiger partial charge on any atom is -0.491 e. The maximum atomic E-state index is 7.47. The summed E-state index contributed by atoms with van der Waals surface area (Å²) in [5, 5.41) is 14.3. The average Bonchev–Trinajstić information content (AvgIpc) is 2.69. The van der Waals surface area contributed by atoms with E-state index in [9.17, 15) is 0 Å². The van der Waals surface area contributed by atoms with Crippen molar-refractivity contribution in [3.05, 3.63) is 30.0 Å². The molecule has 1 aliphatic rings. The number of aromatic nitrogens is 2. The van der Waals surface area contributed by atoms with Crippen LogP contribution in [0.25, 0.3) is 0 Å². The lowest BCUT2D eigenvalue weighted by atomic mass is 10.0. The van der Waals surface area contributed by atoms with Gasteiger partial charge in [0.05, 0.1) is 13.3 Å². The predicted molar refractivity (Wildman–Crippen MR) is 109 cm³/mol. The van der Waals surface area contributed by atoms with E-state index in [4.69, 9.17) is 20.9 Å². The van der Waals surface area contributed by atoms with Gasteiger partial charge in [-0.2, -0.15) is 4.98 Å². The third-order valence-corrected chi connectivity index (χ3v) is 4.76. The molecule has 144 valence electrons. The Morgan fingerprint density at radius 2 is 2.26 bits per heavy atom. The van der Waals surface area contributed by atoms with Crippen molar-refractivity contribution in [1.29, 1.82) is 5.41 Å². The first kappa shape index (κ1) is 18.9. The van der Waals surface area contributed by atoms with Crippen LogP contribution in [0.1, 0.15) is 19.4 Å². The summed E-state index contributed by atoms with van der Waals surface area (Å²) < 4.78 is 5.41. The second-order valence-corrected chi connectivity index (χ2v) is 6.95. The van der Waals surface area contributed by atoms with Gasteiger partial charge in [-0.1, -0.05) is 13.8 Å². The zero-order valence-electron chi connectivity index (χ0n) is 16.0. The van der Waals surface area contributed by atoms with Crippen LogP contribution in [-0.4, -0.2) is 49.0 Å². The van der Waals surface area contributed by atoms with E-state index in [0.29, 0.717) is 40.7 Å². The molecule has 1 unspecified atom stereocenters. The number of methoxy groups -OCH3 is 1. The molecule has 8 nitrogen and oxygen atoms in total. The summed E-state index contributed by atoms with van der Waals surface area (Å²) in [6.45, 7) is 7.05. The first-order valence-electron chi connectivity index (χ1n) is 9.08. The maximum Gasteiger partial charge on any atom is 0.227 e. The van der Waals surface area contributed by atoms with E-state index in [1.807, 2.05) is 12.1 Å². The molecule has 0 bridgehead atoms. The van der Waals surface area contributed by atoms with Crippen LogP contribution in [0.3, 0.4) is 0 Å². The van der Waals surface area contributed by atoms with Crippen LogP contribution < -0.4 is 26.0 Å². The zero-order valence-corrected chi connectivity index (χ0v) is 16.0. The number of hydrogen-bond acceptors (Lipinski definition) is 8. The Kier molecular flexibility index (Phi) is 5.75. The highest BCUT2D eigenvalue weighted by molar-refractivity contribution is 5.87. The third kappa shape index (κ3) is 4.28. The van der Waals surface area contributed by atoms with Crippen molar-refractivity contribution >= 4 is 29.4 Å². The number of ether oxygens (including phenoxy) is 1. The molecule has 1 fully saturated rings. The maximum absolute atomic E-state index is 7.47. The Balaban J connectivity index is 1.86. The highest BCUT2D eigenvalue weighted by atomic mass is 16.5. The SMILES string of the molecule is COc1cnc(N2CCNC(C(C)C)C2)nc1Nc1ccc(N)c(C=N)c1. The third-order valence-electron chi connectivity index (χ3n) is 4.76. The predicted octanol–water partition coefficient (Wildman–Crippen LogP) is 2.24. The summed E-state index contributed by atoms with van der Waals surface area (Å²) >= 11 is 0. The second-order valence-electron chi connectivity index (χ2n) is 6.95. The number of anilines is 4. The Hall–Kier alpha value is -2.87. The molecule has 0 amide bonds. The Labute approximate surface area is 159 Å². The molecule has 0 radical (unpaired) electrons. The van der Waals surface area contributed by atoms with Crippen molar-refractivity contribution in [2.45, 2.75) is 19.9 Å². The summed E-state index contributed by atoms with van der Waals surface area (Å²) in [5.74, 6) is 2.36. The standard InChI is InChI=1S/C19H27N7O/c1-12(2)16-11-26(7-6-22-16)19-23-10-17(27-3)18(25-19)24-14-4-5-15(21)13(8-14)9-20/h4-5,8-10,12,16,20,22H,6-7,11,21H2,1-3H3,(H,23,24,25). The minimum absolute atomic E-state index is 0.410. The fraction of sp³-hybridized carbons (Fsp3) is 0.421. The van der Waals surface area contributed by atoms with Gasteiger partial charge in [0.1, 0.15) is 0 Å². The molecule has 0 aliphatic carbocycles. The fourth-order valence-corrected chi connectivity index (χ4v) is 3.07. The van der Waals surface area contributed by atoms with E-state index < -0.39 is 0 Å². The molecule has 2 aromatic rings. The zero-order chi connectivity index (χ0) is 19.4. The number of rotatable bonds is 6. The summed E-state index contributed by atoms with van der Waals surface area (Å²) in [6.07, 6.45) is 2.92. The lowest BCUT2D eigenvalue weighted by Crippen LogP contribution is -2.53. The summed E-state index contributed by atoms with van der Waals surface area (Å²) in [6, 6.07) is 5.83. The minimum atomic E-state index is 0.410. The largest absolute Gasteiger partial charge is 0.491 e. The molecular weight excluding hydrogens is 342 g/mol. The van der Waals surface area contributed by atoms with Crippen LogP contribution in [-0.2, 0) is 0 Å². The van der Waals surface area contributed by atoms with Crippen LogP contribution >= 0.6 is 0 Å². The van der Waals surface area contributed by atoms with Crippen LogP contribution in [0, 0.1) is 11.3 Å². The van der Waals surface area contributed by atoms with Gasteiger partial charge < -0.3 is 31.4 Å². The van der Waals surface area contributed by atoms with Crippen molar-refractivity contribution < 1.29 is 4.74 Å². The molecule has 0 saturated carbocycles. The molecule has 1 aromatic heterocycles. The van der Waals surface area contributed by atoms with Crippen LogP contribution in [0.15, 0.2) is 24.4 Å². The number of nitrogens with zero attached hydrogens (tertiary/aromatic N) is 3. The Morgan fingerprint density at radius 3 is 2.96 bits per heavy atom. The molecule has 2 heterocycles. The van der Waals surface area contributed by atoms with Crippen molar-refractivity contribution in [2.24, 2.45) is 5.92 Å². The van der Waals surface area contributed by atoms with Crippen molar-refractivity contribution in [1.82, 2.24) is 15.3 Å². The average molecular weight is 369 g/mol. The van der Waals surface area contributed by atoms with Crippen LogP contribution in [0.2, 0.25) is 0 Å². The van der Waals surface area contributed by atoms with Crippen molar-refractivity contribution in [3.8, 4) is 5.75 Å². The first-order chi connectivity index (χ1) is 13.0. The molecule has 1 aromatic carbocycles. The quantitative estimate of drug-likeness (QED) is 0.456. The van der Waals surface area contributed by atoms with Gasteiger partial charge in [0.2, 0.25) is 5.95 Å². The molecule has 1 saturated heterocycles. The summed E-state index contributed by atoms with van der Waals surface area (Å²) in [7, 11) is 1.59. The van der Waals surface area contributed by atoms with Gasteiger partial charge in [-0.15, -0.1) is 0 Å². The van der Waals surface area contributed by atoms with Crippen molar-refractivity contribution in [3.63, 3.8) is 0 Å². The highest BCUT2D eigenvalue weighted by Crippen LogP contribution is 2.28. The van der Waals surface area contributed by atoms with Gasteiger partial charge in [-0.25, -0.2) is 4.98 Å². The lowest BCUT2D eigenvalue weighted by Gasteiger charge is -2.35. The van der Waals surface area contributed by atoms with Gasteiger partial charge in [0.15, 0.2) is 11.6 Å². The van der Waals surface area contributed by atoms with E-state index in [1.165, 1.54) is 6.21 Å². The van der Waals surface area contributed by atoms with E-state index in [2.05, 4.69) is 34.4 Å². The van der Waals surface area contributed by atoms with E-state index in [-0.39, 0.29) is 0 Å². The number of piperazine rings is 1. The van der Waals surface area contributed by atoms with E-state index >= 15 is 0 Å². The van der Waals surface area contributed by atoms with Gasteiger partial charge in [-0.05, 0) is 24.1 Å². The van der Waals surface area contributed by atoms with Gasteiger partial charge >= 0.3 is 0 Å². The number of benzene rings is 1. The monoisotopic (exact) mass is 369 g/mol. The van der Waals surface area contributed by atoms with Gasteiger partial charge in [0, 0.05) is 48.8 Å². The number of nitrogen functional groups attached to an aromatic ring is 1. The topological polar surface area (TPSA) is 112 Å². The molecule has 27 heavy (non-hydrogen) atoms. The van der Waals surface area contributed by atoms with Gasteiger partial charge in [0.25, 0.3) is 0 Å². The summed E-state index contributed by atoms with van der Waals surface area (Å²) in [4.78, 5) is 11.4. The lowest BCUT2D eigenvalue weighted by molar-refractivity contribution is 0.365. The van der Waals surface area contributed by atoms with Crippen molar-refractivity contribution in [2.75, 3.05) is 42.7 Å². The molecule has 5 N–H and O–H groups in total. The van der Waals surface area contributed by atoms with Crippen LogP contribution in [0.5, 0.6) is 5.75 Å². The number of nitrogens with two attached hydrogens (primary N) is 1. The molecule has 8 heteroatoms. The molecular formula is C19H27N7O.